The van der Waals surface area contributed by atoms with Crippen LogP contribution in [0.25, 0.3) is 0 Å². The molecule has 0 spiro atoms. The van der Waals surface area contributed by atoms with Crippen LogP contribution in [0.2, 0.25) is 0 Å². The Morgan fingerprint density at radius 2 is 1.88 bits per heavy atom. The first kappa shape index (κ1) is 13.2. The number of rotatable bonds is 4. The minimum atomic E-state index is -3.18. The molecule has 0 aliphatic carbocycles. The van der Waals surface area contributed by atoms with Crippen LogP contribution in [0.3, 0.4) is 0 Å². The van der Waals surface area contributed by atoms with Crippen molar-refractivity contribution >= 4 is 21.5 Å². The Bertz CT molecular complexity index is 517. The molecule has 0 aliphatic rings. The molecule has 0 unspecified atom stereocenters. The average Bonchev–Trinajstić information content (AvgIpc) is 2.28. The first-order chi connectivity index (χ1) is 7.93. The molecule has 1 N–H and O–H groups in total. The number of nitrogens with one attached hydrogen (secondary N) is 1. The lowest BCUT2D eigenvalue weighted by atomic mass is 10.3. The number of benzene rings is 1. The highest BCUT2D eigenvalue weighted by Crippen LogP contribution is 2.13. The summed E-state index contributed by atoms with van der Waals surface area (Å²) in [5.74, 6) is -0.467. The predicted octanol–water partition coefficient (Wildman–Crippen LogP) is 1.19. The number of anilines is 1. The minimum Gasteiger partial charge on any atom is -0.466 e. The van der Waals surface area contributed by atoms with Gasteiger partial charge in [-0.25, -0.2) is 13.2 Å². The fraction of sp³-hybridized carbons (Fsp3) is 0.182. The largest absolute Gasteiger partial charge is 0.466 e. The van der Waals surface area contributed by atoms with Crippen molar-refractivity contribution in [2.75, 3.05) is 18.7 Å². The van der Waals surface area contributed by atoms with E-state index in [-0.39, 0.29) is 4.90 Å². The molecular weight excluding hydrogens is 242 g/mol. The molecule has 0 radical (unpaired) electrons. The number of hydrogen-bond donors (Lipinski definition) is 1. The van der Waals surface area contributed by atoms with Gasteiger partial charge in [0.1, 0.15) is 0 Å². The lowest BCUT2D eigenvalue weighted by Gasteiger charge is -2.02. The standard InChI is InChI=1S/C11H13NO4S/c1-16-11(13)7-8-12-9-3-5-10(6-4-9)17(2,14)15/h3-8,12H,1-2H3/b8-7+. The van der Waals surface area contributed by atoms with E-state index in [0.29, 0.717) is 5.69 Å². The van der Waals surface area contributed by atoms with Gasteiger partial charge in [-0.1, -0.05) is 0 Å². The summed E-state index contributed by atoms with van der Waals surface area (Å²) in [6.07, 6.45) is 3.79. The molecule has 92 valence electrons. The molecule has 1 aromatic carbocycles. The average molecular weight is 255 g/mol. The molecule has 0 aliphatic heterocycles. The predicted molar refractivity (Wildman–Crippen MR) is 64.3 cm³/mol. The highest BCUT2D eigenvalue weighted by atomic mass is 32.2. The smallest absolute Gasteiger partial charge is 0.331 e. The van der Waals surface area contributed by atoms with E-state index in [0.717, 1.165) is 6.26 Å². The van der Waals surface area contributed by atoms with E-state index >= 15 is 0 Å². The first-order valence-electron chi connectivity index (χ1n) is 4.74. The molecule has 1 aromatic rings. The fourth-order valence-electron chi connectivity index (χ4n) is 1.07. The quantitative estimate of drug-likeness (QED) is 0.646. The van der Waals surface area contributed by atoms with E-state index in [1.54, 1.807) is 12.1 Å². The van der Waals surface area contributed by atoms with Crippen molar-refractivity contribution in [3.8, 4) is 0 Å². The summed E-state index contributed by atoms with van der Waals surface area (Å²) in [6, 6.07) is 6.20. The van der Waals surface area contributed by atoms with Crippen molar-refractivity contribution in [1.82, 2.24) is 0 Å². The maximum atomic E-state index is 11.2. The molecule has 0 fully saturated rings. The Morgan fingerprint density at radius 3 is 2.35 bits per heavy atom. The third kappa shape index (κ3) is 4.28. The van der Waals surface area contributed by atoms with E-state index in [2.05, 4.69) is 10.1 Å². The maximum Gasteiger partial charge on any atom is 0.331 e. The van der Waals surface area contributed by atoms with Crippen LogP contribution in [-0.4, -0.2) is 27.8 Å². The molecule has 1 rings (SSSR count). The normalized spacial score (nSPS) is 11.4. The highest BCUT2D eigenvalue weighted by Gasteiger charge is 2.05. The second-order valence-corrected chi connectivity index (χ2v) is 5.31. The Morgan fingerprint density at radius 1 is 1.29 bits per heavy atom. The van der Waals surface area contributed by atoms with Gasteiger partial charge in [-0.2, -0.15) is 0 Å². The molecule has 0 atom stereocenters. The van der Waals surface area contributed by atoms with Gasteiger partial charge < -0.3 is 10.1 Å². The molecule has 0 saturated heterocycles. The first-order valence-corrected chi connectivity index (χ1v) is 6.64. The Labute approximate surface area is 100 Å². The third-order valence-corrected chi connectivity index (χ3v) is 3.08. The van der Waals surface area contributed by atoms with Crippen molar-refractivity contribution in [3.05, 3.63) is 36.5 Å². The second kappa shape index (κ2) is 5.49. The van der Waals surface area contributed by atoms with E-state index in [1.165, 1.54) is 31.5 Å². The van der Waals surface area contributed by atoms with Crippen LogP contribution < -0.4 is 5.32 Å². The molecule has 6 heteroatoms. The van der Waals surface area contributed by atoms with E-state index in [1.807, 2.05) is 0 Å². The van der Waals surface area contributed by atoms with Gasteiger partial charge in [-0.05, 0) is 24.3 Å². The summed E-state index contributed by atoms with van der Waals surface area (Å²) in [6.45, 7) is 0. The van der Waals surface area contributed by atoms with Crippen LogP contribution in [-0.2, 0) is 19.4 Å². The molecule has 0 saturated carbocycles. The third-order valence-electron chi connectivity index (χ3n) is 1.95. The van der Waals surface area contributed by atoms with Crippen LogP contribution >= 0.6 is 0 Å². The van der Waals surface area contributed by atoms with Crippen molar-refractivity contribution in [2.45, 2.75) is 4.90 Å². The maximum absolute atomic E-state index is 11.2. The van der Waals surface area contributed by atoms with E-state index in [4.69, 9.17) is 0 Å². The zero-order valence-electron chi connectivity index (χ0n) is 9.51. The van der Waals surface area contributed by atoms with Crippen molar-refractivity contribution in [3.63, 3.8) is 0 Å². The monoisotopic (exact) mass is 255 g/mol. The van der Waals surface area contributed by atoms with Crippen LogP contribution in [0.5, 0.6) is 0 Å². The lowest BCUT2D eigenvalue weighted by molar-refractivity contribution is -0.134. The van der Waals surface area contributed by atoms with Crippen molar-refractivity contribution in [1.29, 1.82) is 0 Å². The van der Waals surface area contributed by atoms with Gasteiger partial charge in [0.15, 0.2) is 9.84 Å². The van der Waals surface area contributed by atoms with Gasteiger partial charge >= 0.3 is 5.97 Å². The van der Waals surface area contributed by atoms with E-state index in [9.17, 15) is 13.2 Å². The molecule has 17 heavy (non-hydrogen) atoms. The van der Waals surface area contributed by atoms with Gasteiger partial charge in [0.05, 0.1) is 12.0 Å². The summed E-state index contributed by atoms with van der Waals surface area (Å²) in [4.78, 5) is 11.0. The number of carbonyl (C=O) groups excluding carboxylic acids is 1. The van der Waals surface area contributed by atoms with E-state index < -0.39 is 15.8 Å². The lowest BCUT2D eigenvalue weighted by Crippen LogP contribution is -1.98. The summed E-state index contributed by atoms with van der Waals surface area (Å²) < 4.78 is 26.8. The molecular formula is C11H13NO4S. The molecule has 0 heterocycles. The molecule has 0 aromatic heterocycles. The second-order valence-electron chi connectivity index (χ2n) is 3.30. The summed E-state index contributed by atoms with van der Waals surface area (Å²) >= 11 is 0. The van der Waals surface area contributed by atoms with Crippen molar-refractivity contribution in [2.24, 2.45) is 0 Å². The van der Waals surface area contributed by atoms with Crippen LogP contribution in [0.1, 0.15) is 0 Å². The Kier molecular flexibility index (Phi) is 4.28. The number of carbonyl (C=O) groups is 1. The highest BCUT2D eigenvalue weighted by molar-refractivity contribution is 7.90. The summed E-state index contributed by atoms with van der Waals surface area (Å²) in [7, 11) is -1.89. The minimum absolute atomic E-state index is 0.250. The molecule has 0 amide bonds. The SMILES string of the molecule is COC(=O)/C=C/Nc1ccc(S(C)(=O)=O)cc1. The van der Waals surface area contributed by atoms with Gasteiger partial charge in [0.25, 0.3) is 0 Å². The summed E-state index contributed by atoms with van der Waals surface area (Å²) in [5.41, 5.74) is 0.678. The van der Waals surface area contributed by atoms with Crippen LogP contribution in [0.15, 0.2) is 41.4 Å². The number of esters is 1. The Hall–Kier alpha value is -1.82. The topological polar surface area (TPSA) is 72.5 Å². The zero-order valence-corrected chi connectivity index (χ0v) is 10.3. The summed E-state index contributed by atoms with van der Waals surface area (Å²) in [5, 5.41) is 2.81. The number of methoxy groups -OCH3 is 1. The number of ether oxygens (including phenoxy) is 1. The van der Waals surface area contributed by atoms with Gasteiger partial charge in [0.2, 0.25) is 0 Å². The van der Waals surface area contributed by atoms with Gasteiger partial charge in [-0.15, -0.1) is 0 Å². The molecule has 5 nitrogen and oxygen atoms in total. The number of hydrogen-bond acceptors (Lipinski definition) is 5. The van der Waals surface area contributed by atoms with Crippen LogP contribution in [0, 0.1) is 0 Å². The van der Waals surface area contributed by atoms with Crippen LogP contribution in [0.4, 0.5) is 5.69 Å². The number of sulfone groups is 1. The zero-order chi connectivity index (χ0) is 12.9. The van der Waals surface area contributed by atoms with Crippen molar-refractivity contribution < 1.29 is 17.9 Å². The fourth-order valence-corrected chi connectivity index (χ4v) is 1.70. The Balaban J connectivity index is 2.70. The van der Waals surface area contributed by atoms with Gasteiger partial charge in [-0.3, -0.25) is 0 Å². The van der Waals surface area contributed by atoms with Gasteiger partial charge in [0, 0.05) is 24.2 Å². The molecule has 0 bridgehead atoms.